The van der Waals surface area contributed by atoms with Gasteiger partial charge in [-0.3, -0.25) is 5.84 Å². The van der Waals surface area contributed by atoms with Gasteiger partial charge >= 0.3 is 5.97 Å². The van der Waals surface area contributed by atoms with E-state index >= 15 is 0 Å². The first-order valence-electron chi connectivity index (χ1n) is 8.26. The molecule has 0 unspecified atom stereocenters. The Kier molecular flexibility index (Phi) is 4.76. The first kappa shape index (κ1) is 17.1. The molecule has 3 rings (SSSR count). The number of benzene rings is 1. The van der Waals surface area contributed by atoms with Crippen molar-refractivity contribution in [2.75, 3.05) is 0 Å². The van der Waals surface area contributed by atoms with Crippen molar-refractivity contribution in [1.29, 1.82) is 0 Å². The van der Waals surface area contributed by atoms with Crippen LogP contribution in [-0.4, -0.2) is 16.1 Å². The number of fused-ring (bicyclic) bond motifs is 1. The molecule has 3 N–H and O–H groups in total. The maximum Gasteiger partial charge on any atom is 0.337 e. The summed E-state index contributed by atoms with van der Waals surface area (Å²) >= 11 is 1.63. The van der Waals surface area contributed by atoms with Crippen LogP contribution in [0.5, 0.6) is 0 Å². The van der Waals surface area contributed by atoms with Crippen LogP contribution >= 0.6 is 11.3 Å². The van der Waals surface area contributed by atoms with E-state index in [9.17, 15) is 9.90 Å². The van der Waals surface area contributed by atoms with E-state index in [1.165, 1.54) is 4.88 Å². The number of hydrogen-bond acceptors (Lipinski definition) is 4. The van der Waals surface area contributed by atoms with Gasteiger partial charge in [-0.25, -0.2) is 9.80 Å². The second kappa shape index (κ2) is 6.67. The molecule has 0 aliphatic heterocycles. The van der Waals surface area contributed by atoms with E-state index in [0.29, 0.717) is 18.7 Å². The van der Waals surface area contributed by atoms with Gasteiger partial charge in [0, 0.05) is 22.8 Å². The Morgan fingerprint density at radius 1 is 1.29 bits per heavy atom. The molecule has 5 heteroatoms. The van der Waals surface area contributed by atoms with Gasteiger partial charge in [-0.2, -0.15) is 0 Å². The molecule has 1 aromatic heterocycles. The topological polar surface area (TPSA) is 66.6 Å². The van der Waals surface area contributed by atoms with Crippen molar-refractivity contribution < 1.29 is 9.90 Å². The lowest BCUT2D eigenvalue weighted by Crippen LogP contribution is -2.30. The lowest BCUT2D eigenvalue weighted by atomic mass is 9.76. The van der Waals surface area contributed by atoms with Gasteiger partial charge in [0.1, 0.15) is 0 Å². The standard InChI is InChI=1S/C19H24N2O2S/c1-19(2)9-8-15-14(10-19)17(18(22)23)16(24-15)12-21(20)11-13-6-4-3-5-7-13/h3-7H,8-12,20H2,1-2H3,(H,22,23). The first-order valence-corrected chi connectivity index (χ1v) is 9.08. The van der Waals surface area contributed by atoms with Gasteiger partial charge < -0.3 is 5.11 Å². The summed E-state index contributed by atoms with van der Waals surface area (Å²) in [5.74, 6) is 5.34. The highest BCUT2D eigenvalue weighted by Crippen LogP contribution is 2.41. The quantitative estimate of drug-likeness (QED) is 0.639. The third-order valence-electron chi connectivity index (χ3n) is 4.64. The smallest absolute Gasteiger partial charge is 0.337 e. The van der Waals surface area contributed by atoms with E-state index in [-0.39, 0.29) is 5.41 Å². The molecule has 0 spiro atoms. The average Bonchev–Trinajstić information content (AvgIpc) is 2.83. The number of carbonyl (C=O) groups is 1. The van der Waals surface area contributed by atoms with Crippen LogP contribution in [0.3, 0.4) is 0 Å². The molecule has 0 atom stereocenters. The molecule has 1 aromatic carbocycles. The summed E-state index contributed by atoms with van der Waals surface area (Å²) in [6.07, 6.45) is 2.91. The number of nitrogens with zero attached hydrogens (tertiary/aromatic N) is 1. The number of nitrogens with two attached hydrogens (primary N) is 1. The summed E-state index contributed by atoms with van der Waals surface area (Å²) in [5.41, 5.74) is 2.82. The van der Waals surface area contributed by atoms with Crippen LogP contribution in [0.1, 0.15) is 51.5 Å². The second-order valence-electron chi connectivity index (χ2n) is 7.34. The van der Waals surface area contributed by atoms with E-state index in [1.807, 2.05) is 30.3 Å². The van der Waals surface area contributed by atoms with Crippen molar-refractivity contribution >= 4 is 17.3 Å². The van der Waals surface area contributed by atoms with E-state index in [1.54, 1.807) is 16.3 Å². The molecule has 0 amide bonds. The predicted molar refractivity (Wildman–Crippen MR) is 97.0 cm³/mol. The molecule has 4 nitrogen and oxygen atoms in total. The average molecular weight is 344 g/mol. The van der Waals surface area contributed by atoms with Crippen molar-refractivity contribution in [2.24, 2.45) is 11.3 Å². The van der Waals surface area contributed by atoms with Crippen LogP contribution in [0.25, 0.3) is 0 Å². The predicted octanol–water partition coefficient (Wildman–Crippen LogP) is 3.84. The molecule has 0 saturated carbocycles. The zero-order valence-corrected chi connectivity index (χ0v) is 15.0. The number of carboxylic acid groups (broad SMARTS) is 1. The highest BCUT2D eigenvalue weighted by Gasteiger charge is 2.32. The minimum Gasteiger partial charge on any atom is -0.478 e. The van der Waals surface area contributed by atoms with Gasteiger partial charge in [-0.1, -0.05) is 44.2 Å². The first-order chi connectivity index (χ1) is 11.4. The van der Waals surface area contributed by atoms with Crippen LogP contribution in [0.2, 0.25) is 0 Å². The molecule has 0 radical (unpaired) electrons. The number of hydrogen-bond donors (Lipinski definition) is 2. The van der Waals surface area contributed by atoms with Crippen LogP contribution in [-0.2, 0) is 25.9 Å². The molecule has 1 aliphatic carbocycles. The molecule has 0 fully saturated rings. The molecule has 0 bridgehead atoms. The van der Waals surface area contributed by atoms with Gasteiger partial charge in [0.25, 0.3) is 0 Å². The van der Waals surface area contributed by atoms with Gasteiger partial charge in [-0.05, 0) is 35.8 Å². The SMILES string of the molecule is CC1(C)CCc2sc(CN(N)Cc3ccccc3)c(C(=O)O)c2C1. The maximum absolute atomic E-state index is 11.9. The number of rotatable bonds is 5. The van der Waals surface area contributed by atoms with Gasteiger partial charge in [0.15, 0.2) is 0 Å². The largest absolute Gasteiger partial charge is 0.478 e. The molecular formula is C19H24N2O2S. The summed E-state index contributed by atoms with van der Waals surface area (Å²) in [6.45, 7) is 5.50. The molecule has 1 aliphatic rings. The minimum atomic E-state index is -0.826. The molecule has 1 heterocycles. The number of thiophene rings is 1. The Labute approximate surface area is 146 Å². The monoisotopic (exact) mass is 344 g/mol. The molecule has 0 saturated heterocycles. The Morgan fingerprint density at radius 3 is 2.67 bits per heavy atom. The maximum atomic E-state index is 11.9. The summed E-state index contributed by atoms with van der Waals surface area (Å²) in [7, 11) is 0. The summed E-state index contributed by atoms with van der Waals surface area (Å²) in [5, 5.41) is 11.4. The number of aryl methyl sites for hydroxylation is 1. The third kappa shape index (κ3) is 3.69. The van der Waals surface area contributed by atoms with Crippen LogP contribution in [0.15, 0.2) is 30.3 Å². The molecule has 128 valence electrons. The Balaban J connectivity index is 1.83. The fourth-order valence-corrected chi connectivity index (χ4v) is 4.74. The van der Waals surface area contributed by atoms with Crippen molar-refractivity contribution in [3.05, 3.63) is 56.8 Å². The van der Waals surface area contributed by atoms with E-state index in [4.69, 9.17) is 5.84 Å². The lowest BCUT2D eigenvalue weighted by molar-refractivity contribution is 0.0693. The zero-order chi connectivity index (χ0) is 17.3. The number of hydrazine groups is 1. The van der Waals surface area contributed by atoms with E-state index < -0.39 is 5.97 Å². The summed E-state index contributed by atoms with van der Waals surface area (Å²) in [6, 6.07) is 10.00. The number of aromatic carboxylic acids is 1. The van der Waals surface area contributed by atoms with E-state index in [0.717, 1.165) is 35.3 Å². The van der Waals surface area contributed by atoms with Crippen LogP contribution in [0, 0.1) is 5.41 Å². The van der Waals surface area contributed by atoms with Gasteiger partial charge in [0.05, 0.1) is 5.56 Å². The molecule has 24 heavy (non-hydrogen) atoms. The summed E-state index contributed by atoms with van der Waals surface area (Å²) < 4.78 is 0. The number of carboxylic acids is 1. The highest BCUT2D eigenvalue weighted by molar-refractivity contribution is 7.12. The Morgan fingerprint density at radius 2 is 2.00 bits per heavy atom. The van der Waals surface area contributed by atoms with E-state index in [2.05, 4.69) is 13.8 Å². The summed E-state index contributed by atoms with van der Waals surface area (Å²) in [4.78, 5) is 14.0. The Bertz CT molecular complexity index is 737. The Hall–Kier alpha value is -1.69. The third-order valence-corrected chi connectivity index (χ3v) is 5.91. The lowest BCUT2D eigenvalue weighted by Gasteiger charge is -2.29. The van der Waals surface area contributed by atoms with Crippen molar-refractivity contribution in [3.63, 3.8) is 0 Å². The normalized spacial score (nSPS) is 16.2. The zero-order valence-electron chi connectivity index (χ0n) is 14.2. The van der Waals surface area contributed by atoms with Crippen molar-refractivity contribution in [2.45, 2.75) is 46.2 Å². The minimum absolute atomic E-state index is 0.169. The fraction of sp³-hybridized carbons (Fsp3) is 0.421. The van der Waals surface area contributed by atoms with Gasteiger partial charge in [-0.15, -0.1) is 11.3 Å². The van der Waals surface area contributed by atoms with Crippen molar-refractivity contribution in [3.8, 4) is 0 Å². The van der Waals surface area contributed by atoms with Crippen molar-refractivity contribution in [1.82, 2.24) is 5.01 Å². The second-order valence-corrected chi connectivity index (χ2v) is 8.53. The molecule has 2 aromatic rings. The molecular weight excluding hydrogens is 320 g/mol. The fourth-order valence-electron chi connectivity index (χ4n) is 3.39. The van der Waals surface area contributed by atoms with Crippen LogP contribution in [0.4, 0.5) is 0 Å². The van der Waals surface area contributed by atoms with Gasteiger partial charge in [0.2, 0.25) is 0 Å². The highest BCUT2D eigenvalue weighted by atomic mass is 32.1. The van der Waals surface area contributed by atoms with Crippen LogP contribution < -0.4 is 5.84 Å².